The number of benzene rings is 2. The largest absolute Gasteiger partial charge is 0.483 e. The van der Waals surface area contributed by atoms with E-state index in [2.05, 4.69) is 15.3 Å². The Hall–Kier alpha value is -2.62. The molecule has 1 saturated heterocycles. The summed E-state index contributed by atoms with van der Waals surface area (Å²) in [6.07, 6.45) is 5.22. The van der Waals surface area contributed by atoms with Gasteiger partial charge in [-0.1, -0.05) is 0 Å². The van der Waals surface area contributed by atoms with E-state index in [9.17, 15) is 4.39 Å². The van der Waals surface area contributed by atoms with E-state index < -0.39 is 5.82 Å². The van der Waals surface area contributed by atoms with Gasteiger partial charge >= 0.3 is 0 Å². The Morgan fingerprint density at radius 3 is 2.55 bits per heavy atom. The van der Waals surface area contributed by atoms with E-state index in [1.54, 1.807) is 23.9 Å². The van der Waals surface area contributed by atoms with Gasteiger partial charge in [-0.3, -0.25) is 0 Å². The third-order valence-corrected chi connectivity index (χ3v) is 4.43. The van der Waals surface area contributed by atoms with Crippen molar-refractivity contribution in [1.29, 1.82) is 0 Å². The molecule has 0 radical (unpaired) electrons. The van der Waals surface area contributed by atoms with Crippen molar-refractivity contribution >= 4 is 39.9 Å². The Kier molecular flexibility index (Phi) is 8.27. The molecule has 1 fully saturated rings. The van der Waals surface area contributed by atoms with Crippen LogP contribution in [0, 0.1) is 12.7 Å². The van der Waals surface area contributed by atoms with Crippen molar-refractivity contribution in [1.82, 2.24) is 9.97 Å². The second kappa shape index (κ2) is 11.1. The number of rotatable bonds is 4. The summed E-state index contributed by atoms with van der Waals surface area (Å²) in [4.78, 5) is 8.65. The third-order valence-electron chi connectivity index (χ3n) is 4.43. The highest BCUT2D eigenvalue weighted by atomic mass is 32.2. The molecule has 9 heteroatoms. The monoisotopic (exact) mass is 446 g/mol. The van der Waals surface area contributed by atoms with E-state index in [0.29, 0.717) is 49.4 Å². The quantitative estimate of drug-likeness (QED) is 0.577. The Bertz CT molecular complexity index is 1010. The molecule has 3 N–H and O–H groups in total. The molecule has 1 aromatic heterocycles. The summed E-state index contributed by atoms with van der Waals surface area (Å²) >= 11 is 1.75. The van der Waals surface area contributed by atoms with E-state index in [4.69, 9.17) is 19.9 Å². The van der Waals surface area contributed by atoms with Crippen LogP contribution in [-0.4, -0.2) is 55.0 Å². The van der Waals surface area contributed by atoms with Gasteiger partial charge in [0.2, 0.25) is 0 Å². The number of nitrogens with two attached hydrogens (primary N) is 1. The molecule has 0 unspecified atom stereocenters. The number of ether oxygens (including phenoxy) is 3. The van der Waals surface area contributed by atoms with Crippen molar-refractivity contribution in [2.24, 2.45) is 0 Å². The molecule has 7 nitrogen and oxygen atoms in total. The van der Waals surface area contributed by atoms with E-state index in [0.717, 1.165) is 16.5 Å². The summed E-state index contributed by atoms with van der Waals surface area (Å²) in [5.74, 6) is 0.554. The predicted molar refractivity (Wildman–Crippen MR) is 124 cm³/mol. The maximum Gasteiger partial charge on any atom is 0.146 e. The molecular weight excluding hydrogens is 419 g/mol. The number of fused-ring (bicyclic) bond motifs is 1. The molecule has 0 atom stereocenters. The lowest BCUT2D eigenvalue weighted by atomic mass is 10.1. The van der Waals surface area contributed by atoms with E-state index in [-0.39, 0.29) is 6.10 Å². The lowest BCUT2D eigenvalue weighted by molar-refractivity contribution is 0.0601. The standard InChI is InChI=1S/C20H21FN4O3.C2H6S/c1-12-6-14(22)8-17-19(12)20(24-11-23-17)25-16-3-2-13(21)7-18(16)28-15-9-26-4-5-27-10-15;1-3-2/h2-3,6-8,11,15H,4-5,9-10,22H2,1H3,(H,23,24,25);1-2H3. The number of thioether (sulfide) groups is 1. The molecule has 1 aliphatic heterocycles. The van der Waals surface area contributed by atoms with Crippen molar-refractivity contribution in [3.63, 3.8) is 0 Å². The van der Waals surface area contributed by atoms with Crippen LogP contribution in [0.15, 0.2) is 36.7 Å². The van der Waals surface area contributed by atoms with Crippen LogP contribution >= 0.6 is 11.8 Å². The van der Waals surface area contributed by atoms with Crippen molar-refractivity contribution in [3.8, 4) is 5.75 Å². The molecular formula is C22H27FN4O3S. The number of nitrogens with zero attached hydrogens (tertiary/aromatic N) is 2. The van der Waals surface area contributed by atoms with Gasteiger partial charge in [-0.25, -0.2) is 14.4 Å². The van der Waals surface area contributed by atoms with Crippen molar-refractivity contribution in [2.75, 3.05) is 50.0 Å². The predicted octanol–water partition coefficient (Wildman–Crippen LogP) is 4.18. The van der Waals surface area contributed by atoms with Crippen LogP contribution in [-0.2, 0) is 9.47 Å². The van der Waals surface area contributed by atoms with Gasteiger partial charge in [-0.2, -0.15) is 11.8 Å². The van der Waals surface area contributed by atoms with Crippen LogP contribution < -0.4 is 15.8 Å². The second-order valence-electron chi connectivity index (χ2n) is 7.02. The molecule has 2 aromatic carbocycles. The number of nitrogen functional groups attached to an aromatic ring is 1. The molecule has 0 amide bonds. The van der Waals surface area contributed by atoms with Crippen LogP contribution in [0.2, 0.25) is 0 Å². The maximum atomic E-state index is 13.9. The van der Waals surface area contributed by atoms with Crippen LogP contribution in [0.25, 0.3) is 10.9 Å². The third kappa shape index (κ3) is 6.19. The topological polar surface area (TPSA) is 91.5 Å². The number of aromatic nitrogens is 2. The average molecular weight is 447 g/mol. The number of anilines is 3. The molecule has 0 bridgehead atoms. The molecule has 1 aliphatic rings. The first-order valence-electron chi connectivity index (χ1n) is 9.81. The molecule has 4 rings (SSSR count). The summed E-state index contributed by atoms with van der Waals surface area (Å²) < 4.78 is 30.7. The highest BCUT2D eigenvalue weighted by Gasteiger charge is 2.18. The van der Waals surface area contributed by atoms with Gasteiger partial charge in [0.05, 0.1) is 37.6 Å². The highest BCUT2D eigenvalue weighted by molar-refractivity contribution is 7.97. The minimum absolute atomic E-state index is 0.325. The van der Waals surface area contributed by atoms with Crippen molar-refractivity contribution in [2.45, 2.75) is 13.0 Å². The first-order valence-corrected chi connectivity index (χ1v) is 11.4. The molecule has 0 spiro atoms. The molecule has 2 heterocycles. The van der Waals surface area contributed by atoms with Crippen molar-refractivity contribution in [3.05, 3.63) is 48.0 Å². The van der Waals surface area contributed by atoms with Gasteiger partial charge in [0, 0.05) is 17.1 Å². The van der Waals surface area contributed by atoms with Crippen molar-refractivity contribution < 1.29 is 18.6 Å². The van der Waals surface area contributed by atoms with Gasteiger partial charge in [0.15, 0.2) is 0 Å². The highest BCUT2D eigenvalue weighted by Crippen LogP contribution is 2.33. The van der Waals surface area contributed by atoms with Crippen LogP contribution in [0.1, 0.15) is 5.56 Å². The van der Waals surface area contributed by atoms with E-state index in [1.165, 1.54) is 18.5 Å². The second-order valence-corrected chi connectivity index (χ2v) is 7.83. The van der Waals surface area contributed by atoms with Crippen LogP contribution in [0.4, 0.5) is 21.6 Å². The zero-order valence-corrected chi connectivity index (χ0v) is 18.7. The molecule has 3 aromatic rings. The van der Waals surface area contributed by atoms with Gasteiger partial charge in [-0.15, -0.1) is 0 Å². The zero-order chi connectivity index (χ0) is 22.2. The summed E-state index contributed by atoms with van der Waals surface area (Å²) in [5.41, 5.74) is 8.80. The average Bonchev–Trinajstić information content (AvgIpc) is 2.99. The van der Waals surface area contributed by atoms with Crippen LogP contribution in [0.5, 0.6) is 5.75 Å². The zero-order valence-electron chi connectivity index (χ0n) is 17.9. The summed E-state index contributed by atoms with van der Waals surface area (Å²) in [7, 11) is 0. The SMILES string of the molecule is CSC.Cc1cc(N)cc2ncnc(Nc3ccc(F)cc3OC3COCCOC3)c12. The number of halogens is 1. The fraction of sp³-hybridized carbons (Fsp3) is 0.364. The first kappa shape index (κ1) is 23.1. The minimum Gasteiger partial charge on any atom is -0.483 e. The van der Waals surface area contributed by atoms with Gasteiger partial charge in [0.25, 0.3) is 0 Å². The summed E-state index contributed by atoms with van der Waals surface area (Å²) in [6.45, 7) is 3.73. The Labute approximate surface area is 185 Å². The van der Waals surface area contributed by atoms with Gasteiger partial charge in [-0.05, 0) is 49.3 Å². The number of hydrogen-bond acceptors (Lipinski definition) is 8. The molecule has 166 valence electrons. The van der Waals surface area contributed by atoms with E-state index >= 15 is 0 Å². The molecule has 0 saturated carbocycles. The smallest absolute Gasteiger partial charge is 0.146 e. The lowest BCUT2D eigenvalue weighted by Crippen LogP contribution is -2.26. The first-order chi connectivity index (χ1) is 15.0. The normalized spacial score (nSPS) is 14.5. The van der Waals surface area contributed by atoms with Crippen LogP contribution in [0.3, 0.4) is 0 Å². The Morgan fingerprint density at radius 2 is 1.84 bits per heavy atom. The fourth-order valence-corrected chi connectivity index (χ4v) is 3.18. The Morgan fingerprint density at radius 1 is 1.13 bits per heavy atom. The lowest BCUT2D eigenvalue weighted by Gasteiger charge is -2.19. The van der Waals surface area contributed by atoms with Gasteiger partial charge < -0.3 is 25.3 Å². The minimum atomic E-state index is -0.396. The summed E-state index contributed by atoms with van der Waals surface area (Å²) in [6, 6.07) is 7.96. The van der Waals surface area contributed by atoms with Gasteiger partial charge in [0.1, 0.15) is 29.8 Å². The molecule has 0 aliphatic carbocycles. The summed E-state index contributed by atoms with van der Waals surface area (Å²) in [5, 5.41) is 4.08. The number of aryl methyl sites for hydroxylation is 1. The number of nitrogens with one attached hydrogen (secondary N) is 1. The Balaban J connectivity index is 0.000000858. The molecule has 31 heavy (non-hydrogen) atoms. The maximum absolute atomic E-state index is 13.9. The fourth-order valence-electron chi connectivity index (χ4n) is 3.18. The number of hydrogen-bond donors (Lipinski definition) is 2. The van der Waals surface area contributed by atoms with E-state index in [1.807, 2.05) is 25.5 Å².